The molecule has 0 bridgehead atoms. The Morgan fingerprint density at radius 1 is 1.10 bits per heavy atom. The number of hydrogen-bond acceptors (Lipinski definition) is 5. The normalized spacial score (nSPS) is 13.9. The first-order valence-electron chi connectivity index (χ1n) is 9.49. The highest BCUT2D eigenvalue weighted by atomic mass is 35.5. The molecule has 9 heteroatoms. The van der Waals surface area contributed by atoms with E-state index in [0.29, 0.717) is 48.4 Å². The van der Waals surface area contributed by atoms with Crippen LogP contribution in [0.15, 0.2) is 48.5 Å². The van der Waals surface area contributed by atoms with Gasteiger partial charge in [-0.1, -0.05) is 17.7 Å². The molecule has 4 rings (SSSR count). The zero-order valence-electron chi connectivity index (χ0n) is 16.3. The summed E-state index contributed by atoms with van der Waals surface area (Å²) < 4.78 is 6.86. The Kier molecular flexibility index (Phi) is 5.78. The number of amides is 2. The topological polar surface area (TPSA) is 89.3 Å². The highest BCUT2D eigenvalue weighted by molar-refractivity contribution is 6.30. The molecule has 0 unspecified atom stereocenters. The zero-order chi connectivity index (χ0) is 21.1. The summed E-state index contributed by atoms with van der Waals surface area (Å²) in [6.45, 7) is 3.94. The first kappa shape index (κ1) is 20.1. The number of aromatic nitrogens is 3. The molecule has 2 amide bonds. The van der Waals surface area contributed by atoms with Gasteiger partial charge in [0.1, 0.15) is 5.82 Å². The lowest BCUT2D eigenvalue weighted by Crippen LogP contribution is -2.40. The van der Waals surface area contributed by atoms with E-state index in [0.717, 1.165) is 5.69 Å². The van der Waals surface area contributed by atoms with Gasteiger partial charge in [-0.3, -0.25) is 9.59 Å². The molecule has 0 spiro atoms. The third-order valence-electron chi connectivity index (χ3n) is 4.71. The number of morpholine rings is 1. The van der Waals surface area contributed by atoms with Gasteiger partial charge in [-0.05, 0) is 49.4 Å². The second-order valence-corrected chi connectivity index (χ2v) is 7.25. The summed E-state index contributed by atoms with van der Waals surface area (Å²) in [5, 5.41) is 7.67. The molecule has 154 valence electrons. The average molecular weight is 426 g/mol. The van der Waals surface area contributed by atoms with Crippen LogP contribution in [0, 0.1) is 6.92 Å². The van der Waals surface area contributed by atoms with E-state index in [1.807, 2.05) is 0 Å². The van der Waals surface area contributed by atoms with E-state index >= 15 is 0 Å². The molecule has 1 N–H and O–H groups in total. The Labute approximate surface area is 178 Å². The highest BCUT2D eigenvalue weighted by Gasteiger charge is 2.20. The number of nitrogens with zero attached hydrogens (tertiary/aromatic N) is 4. The molecule has 3 aromatic rings. The minimum atomic E-state index is -0.457. The number of hydrogen-bond donors (Lipinski definition) is 1. The van der Waals surface area contributed by atoms with Crippen LogP contribution in [0.3, 0.4) is 0 Å². The molecule has 1 aromatic heterocycles. The minimum absolute atomic E-state index is 0.0346. The standard InChI is InChI=1S/C21H20ClN5O3/c1-14-23-19(25-27(14)18-7-5-16(22)6-8-18)20(28)24-17-4-2-3-15(13-17)21(29)26-9-11-30-12-10-26/h2-8,13H,9-12H2,1H3,(H,24,28). The quantitative estimate of drug-likeness (QED) is 0.694. The van der Waals surface area contributed by atoms with E-state index in [1.165, 1.54) is 0 Å². The Bertz CT molecular complexity index is 1070. The number of carbonyl (C=O) groups excluding carboxylic acids is 2. The third kappa shape index (κ3) is 4.34. The maximum absolute atomic E-state index is 12.7. The van der Waals surface area contributed by atoms with Crippen molar-refractivity contribution in [3.8, 4) is 5.69 Å². The van der Waals surface area contributed by atoms with Gasteiger partial charge in [-0.25, -0.2) is 9.67 Å². The van der Waals surface area contributed by atoms with Crippen molar-refractivity contribution >= 4 is 29.1 Å². The fraction of sp³-hybridized carbons (Fsp3) is 0.238. The van der Waals surface area contributed by atoms with E-state index in [2.05, 4.69) is 15.4 Å². The van der Waals surface area contributed by atoms with Crippen molar-refractivity contribution in [1.29, 1.82) is 0 Å². The van der Waals surface area contributed by atoms with E-state index in [-0.39, 0.29) is 11.7 Å². The molecular formula is C21H20ClN5O3. The highest BCUT2D eigenvalue weighted by Crippen LogP contribution is 2.17. The second-order valence-electron chi connectivity index (χ2n) is 6.81. The van der Waals surface area contributed by atoms with Crippen LogP contribution < -0.4 is 5.32 Å². The van der Waals surface area contributed by atoms with Crippen LogP contribution in [0.25, 0.3) is 5.69 Å². The summed E-state index contributed by atoms with van der Waals surface area (Å²) in [5.74, 6) is 0.0586. The van der Waals surface area contributed by atoms with Gasteiger partial charge in [-0.15, -0.1) is 5.10 Å². The van der Waals surface area contributed by atoms with Gasteiger partial charge < -0.3 is 15.0 Å². The Hall–Kier alpha value is -3.23. The number of halogens is 1. The molecule has 1 fully saturated rings. The van der Waals surface area contributed by atoms with Crippen molar-refractivity contribution in [2.75, 3.05) is 31.6 Å². The van der Waals surface area contributed by atoms with E-state index in [9.17, 15) is 9.59 Å². The number of benzene rings is 2. The average Bonchev–Trinajstić information content (AvgIpc) is 3.16. The fourth-order valence-electron chi connectivity index (χ4n) is 3.18. The third-order valence-corrected chi connectivity index (χ3v) is 4.96. The van der Waals surface area contributed by atoms with Crippen molar-refractivity contribution in [2.45, 2.75) is 6.92 Å². The van der Waals surface area contributed by atoms with Crippen molar-refractivity contribution in [1.82, 2.24) is 19.7 Å². The van der Waals surface area contributed by atoms with Gasteiger partial charge in [0.25, 0.3) is 11.8 Å². The Morgan fingerprint density at radius 2 is 1.83 bits per heavy atom. The number of nitrogens with one attached hydrogen (secondary N) is 1. The van der Waals surface area contributed by atoms with Crippen molar-refractivity contribution < 1.29 is 14.3 Å². The number of aryl methyl sites for hydroxylation is 1. The van der Waals surface area contributed by atoms with E-state index in [4.69, 9.17) is 16.3 Å². The number of anilines is 1. The van der Waals surface area contributed by atoms with E-state index < -0.39 is 5.91 Å². The van der Waals surface area contributed by atoms with Crippen LogP contribution in [-0.4, -0.2) is 57.8 Å². The van der Waals surface area contributed by atoms with Crippen molar-refractivity contribution in [2.24, 2.45) is 0 Å². The van der Waals surface area contributed by atoms with Crippen LogP contribution >= 0.6 is 11.6 Å². The van der Waals surface area contributed by atoms with Crippen LogP contribution in [0.4, 0.5) is 5.69 Å². The summed E-state index contributed by atoms with van der Waals surface area (Å²) in [6, 6.07) is 13.9. The minimum Gasteiger partial charge on any atom is -0.378 e. The Balaban J connectivity index is 1.50. The van der Waals surface area contributed by atoms with Crippen LogP contribution in [0.1, 0.15) is 26.8 Å². The number of carbonyl (C=O) groups is 2. The van der Waals surface area contributed by atoms with Crippen LogP contribution in [0.2, 0.25) is 5.02 Å². The lowest BCUT2D eigenvalue weighted by Gasteiger charge is -2.27. The SMILES string of the molecule is Cc1nc(C(=O)Nc2cccc(C(=O)N3CCOCC3)c2)nn1-c1ccc(Cl)cc1. The maximum atomic E-state index is 12.7. The summed E-state index contributed by atoms with van der Waals surface area (Å²) in [7, 11) is 0. The van der Waals surface area contributed by atoms with E-state index in [1.54, 1.807) is 65.0 Å². The molecule has 0 saturated carbocycles. The molecule has 1 saturated heterocycles. The van der Waals surface area contributed by atoms with Gasteiger partial charge in [-0.2, -0.15) is 0 Å². The lowest BCUT2D eigenvalue weighted by molar-refractivity contribution is 0.0303. The molecular weight excluding hydrogens is 406 g/mol. The zero-order valence-corrected chi connectivity index (χ0v) is 17.1. The molecule has 0 aliphatic carbocycles. The molecule has 2 aromatic carbocycles. The molecule has 1 aliphatic heterocycles. The van der Waals surface area contributed by atoms with Gasteiger partial charge in [0.15, 0.2) is 0 Å². The number of rotatable bonds is 4. The van der Waals surface area contributed by atoms with Crippen LogP contribution in [-0.2, 0) is 4.74 Å². The summed E-state index contributed by atoms with van der Waals surface area (Å²) >= 11 is 5.93. The number of ether oxygens (including phenoxy) is 1. The second kappa shape index (κ2) is 8.64. The van der Waals surface area contributed by atoms with Gasteiger partial charge >= 0.3 is 0 Å². The molecule has 1 aliphatic rings. The molecule has 30 heavy (non-hydrogen) atoms. The summed E-state index contributed by atoms with van der Waals surface area (Å²) in [4.78, 5) is 31.3. The van der Waals surface area contributed by atoms with Crippen LogP contribution in [0.5, 0.6) is 0 Å². The van der Waals surface area contributed by atoms with Crippen molar-refractivity contribution in [3.63, 3.8) is 0 Å². The largest absolute Gasteiger partial charge is 0.378 e. The smallest absolute Gasteiger partial charge is 0.295 e. The predicted octanol–water partition coefficient (Wildman–Crippen LogP) is 2.95. The lowest BCUT2D eigenvalue weighted by atomic mass is 10.1. The molecule has 0 atom stereocenters. The van der Waals surface area contributed by atoms with Gasteiger partial charge in [0.05, 0.1) is 18.9 Å². The predicted molar refractivity (Wildman–Crippen MR) is 112 cm³/mol. The maximum Gasteiger partial charge on any atom is 0.295 e. The molecule has 0 radical (unpaired) electrons. The van der Waals surface area contributed by atoms with Gasteiger partial charge in [0.2, 0.25) is 5.82 Å². The summed E-state index contributed by atoms with van der Waals surface area (Å²) in [5.41, 5.74) is 1.76. The first-order valence-corrected chi connectivity index (χ1v) is 9.87. The first-order chi connectivity index (χ1) is 14.5. The monoisotopic (exact) mass is 425 g/mol. The van der Waals surface area contributed by atoms with Gasteiger partial charge in [0, 0.05) is 29.4 Å². The molecule has 2 heterocycles. The van der Waals surface area contributed by atoms with Crippen molar-refractivity contribution in [3.05, 3.63) is 70.8 Å². The summed E-state index contributed by atoms with van der Waals surface area (Å²) in [6.07, 6.45) is 0. The fourth-order valence-corrected chi connectivity index (χ4v) is 3.31. The molecule has 8 nitrogen and oxygen atoms in total. The Morgan fingerprint density at radius 3 is 2.57 bits per heavy atom.